The van der Waals surface area contributed by atoms with Crippen molar-refractivity contribution < 1.29 is 4.79 Å². The molecule has 2 aromatic heterocycles. The predicted octanol–water partition coefficient (Wildman–Crippen LogP) is 1.49. The SMILES string of the molecule is CC(CNC(=O)c1sc2nnccc2c1N)N(C)C1CC1. The van der Waals surface area contributed by atoms with E-state index in [0.717, 1.165) is 5.39 Å². The number of fused-ring (bicyclic) bond motifs is 1. The number of nitrogens with zero attached hydrogens (tertiary/aromatic N) is 3. The predicted molar refractivity (Wildman–Crippen MR) is 84.4 cm³/mol. The second kappa shape index (κ2) is 5.57. The summed E-state index contributed by atoms with van der Waals surface area (Å²) >= 11 is 1.29. The molecule has 1 aliphatic carbocycles. The van der Waals surface area contributed by atoms with E-state index >= 15 is 0 Å². The number of nitrogens with one attached hydrogen (secondary N) is 1. The quantitative estimate of drug-likeness (QED) is 0.874. The number of aromatic nitrogens is 2. The van der Waals surface area contributed by atoms with Gasteiger partial charge in [-0.3, -0.25) is 9.69 Å². The normalized spacial score (nSPS) is 16.3. The van der Waals surface area contributed by atoms with E-state index in [2.05, 4.69) is 34.4 Å². The first-order valence-corrected chi connectivity index (χ1v) is 7.89. The number of carbonyl (C=O) groups is 1. The Morgan fingerprint density at radius 3 is 3.05 bits per heavy atom. The average molecular weight is 305 g/mol. The first-order chi connectivity index (χ1) is 10.1. The lowest BCUT2D eigenvalue weighted by Crippen LogP contribution is -2.41. The molecule has 0 bridgehead atoms. The third kappa shape index (κ3) is 2.84. The lowest BCUT2D eigenvalue weighted by Gasteiger charge is -2.24. The Hall–Kier alpha value is -1.73. The molecule has 2 heterocycles. The highest BCUT2D eigenvalue weighted by molar-refractivity contribution is 7.21. The minimum atomic E-state index is -0.133. The maximum absolute atomic E-state index is 12.3. The molecule has 1 unspecified atom stereocenters. The summed E-state index contributed by atoms with van der Waals surface area (Å²) in [5.74, 6) is -0.133. The molecule has 0 saturated heterocycles. The van der Waals surface area contributed by atoms with Crippen molar-refractivity contribution in [2.24, 2.45) is 0 Å². The van der Waals surface area contributed by atoms with Crippen molar-refractivity contribution in [3.63, 3.8) is 0 Å². The maximum atomic E-state index is 12.3. The molecule has 7 heteroatoms. The number of thiophene rings is 1. The number of anilines is 1. The van der Waals surface area contributed by atoms with Crippen LogP contribution in [-0.2, 0) is 0 Å². The van der Waals surface area contributed by atoms with E-state index in [9.17, 15) is 4.79 Å². The zero-order valence-electron chi connectivity index (χ0n) is 12.2. The van der Waals surface area contributed by atoms with Crippen LogP contribution in [0.3, 0.4) is 0 Å². The number of hydrogen-bond donors (Lipinski definition) is 2. The summed E-state index contributed by atoms with van der Waals surface area (Å²) in [6.45, 7) is 2.74. The van der Waals surface area contributed by atoms with Crippen LogP contribution < -0.4 is 11.1 Å². The number of rotatable bonds is 5. The van der Waals surface area contributed by atoms with Gasteiger partial charge >= 0.3 is 0 Å². The third-order valence-corrected chi connectivity index (χ3v) is 5.11. The number of carbonyl (C=O) groups excluding carboxylic acids is 1. The standard InChI is InChI=1S/C14H19N5OS/c1-8(19(2)9-3-4-9)7-16-13(20)12-11(15)10-5-6-17-18-14(10)21-12/h5-6,8-9H,3-4,7,15H2,1-2H3,(H,16,20). The number of nitrogen functional groups attached to an aromatic ring is 1. The van der Waals surface area contributed by atoms with Crippen molar-refractivity contribution in [2.75, 3.05) is 19.3 Å². The minimum Gasteiger partial charge on any atom is -0.397 e. The van der Waals surface area contributed by atoms with Gasteiger partial charge in [0.15, 0.2) is 0 Å². The first-order valence-electron chi connectivity index (χ1n) is 7.07. The Bertz CT molecular complexity index is 666. The fraction of sp³-hybridized carbons (Fsp3) is 0.500. The van der Waals surface area contributed by atoms with Crippen LogP contribution >= 0.6 is 11.3 Å². The van der Waals surface area contributed by atoms with Gasteiger partial charge in [-0.1, -0.05) is 0 Å². The Labute approximate surface area is 127 Å². The molecule has 0 spiro atoms. The highest BCUT2D eigenvalue weighted by atomic mass is 32.1. The first kappa shape index (κ1) is 14.2. The molecule has 3 rings (SSSR count). The minimum absolute atomic E-state index is 0.133. The Kier molecular flexibility index (Phi) is 3.77. The lowest BCUT2D eigenvalue weighted by atomic mass is 10.2. The Morgan fingerprint density at radius 1 is 1.62 bits per heavy atom. The Balaban J connectivity index is 1.67. The second-order valence-electron chi connectivity index (χ2n) is 5.55. The fourth-order valence-electron chi connectivity index (χ4n) is 2.35. The van der Waals surface area contributed by atoms with Gasteiger partial charge in [-0.05, 0) is 32.9 Å². The molecule has 2 aromatic rings. The largest absolute Gasteiger partial charge is 0.397 e. The lowest BCUT2D eigenvalue weighted by molar-refractivity contribution is 0.0944. The van der Waals surface area contributed by atoms with E-state index in [1.807, 2.05) is 0 Å². The van der Waals surface area contributed by atoms with Gasteiger partial charge < -0.3 is 11.1 Å². The molecule has 1 amide bonds. The summed E-state index contributed by atoms with van der Waals surface area (Å²) in [5, 5.41) is 11.6. The summed E-state index contributed by atoms with van der Waals surface area (Å²) in [6.07, 6.45) is 4.10. The smallest absolute Gasteiger partial charge is 0.263 e. The van der Waals surface area contributed by atoms with Crippen molar-refractivity contribution in [1.29, 1.82) is 0 Å². The molecule has 3 N–H and O–H groups in total. The summed E-state index contributed by atoms with van der Waals surface area (Å²) < 4.78 is 0. The highest BCUT2D eigenvalue weighted by Gasteiger charge is 2.29. The van der Waals surface area contributed by atoms with Gasteiger partial charge in [-0.15, -0.1) is 16.4 Å². The van der Waals surface area contributed by atoms with Crippen molar-refractivity contribution in [1.82, 2.24) is 20.4 Å². The topological polar surface area (TPSA) is 84.1 Å². The van der Waals surface area contributed by atoms with Crippen LogP contribution in [0.15, 0.2) is 12.3 Å². The molecule has 0 aromatic carbocycles. The molecular formula is C14H19N5OS. The maximum Gasteiger partial charge on any atom is 0.263 e. The second-order valence-corrected chi connectivity index (χ2v) is 6.55. The van der Waals surface area contributed by atoms with Crippen LogP contribution in [0.2, 0.25) is 0 Å². The fourth-order valence-corrected chi connectivity index (χ4v) is 3.30. The van der Waals surface area contributed by atoms with Gasteiger partial charge in [0.1, 0.15) is 9.71 Å². The van der Waals surface area contributed by atoms with E-state index in [-0.39, 0.29) is 5.91 Å². The van der Waals surface area contributed by atoms with Crippen molar-refractivity contribution >= 4 is 33.1 Å². The van der Waals surface area contributed by atoms with E-state index in [1.54, 1.807) is 12.3 Å². The van der Waals surface area contributed by atoms with E-state index in [1.165, 1.54) is 24.2 Å². The van der Waals surface area contributed by atoms with Gasteiger partial charge in [-0.2, -0.15) is 5.10 Å². The van der Waals surface area contributed by atoms with Crippen molar-refractivity contribution in [3.8, 4) is 0 Å². The molecule has 0 aliphatic heterocycles. The van der Waals surface area contributed by atoms with Crippen LogP contribution in [0.5, 0.6) is 0 Å². The molecule has 112 valence electrons. The number of amides is 1. The molecule has 0 radical (unpaired) electrons. The van der Waals surface area contributed by atoms with Gasteiger partial charge in [0.25, 0.3) is 5.91 Å². The number of likely N-dealkylation sites (N-methyl/N-ethyl adjacent to an activating group) is 1. The molecular weight excluding hydrogens is 286 g/mol. The molecule has 1 fully saturated rings. The van der Waals surface area contributed by atoms with Crippen molar-refractivity contribution in [2.45, 2.75) is 31.8 Å². The zero-order valence-corrected chi connectivity index (χ0v) is 13.0. The van der Waals surface area contributed by atoms with Crippen LogP contribution in [0, 0.1) is 0 Å². The monoisotopic (exact) mass is 305 g/mol. The molecule has 1 saturated carbocycles. The van der Waals surface area contributed by atoms with Crippen molar-refractivity contribution in [3.05, 3.63) is 17.1 Å². The average Bonchev–Trinajstić information content (AvgIpc) is 3.29. The van der Waals surface area contributed by atoms with Gasteiger partial charge in [0.2, 0.25) is 0 Å². The van der Waals surface area contributed by atoms with Crippen LogP contribution in [0.1, 0.15) is 29.4 Å². The molecule has 1 aliphatic rings. The van der Waals surface area contributed by atoms with E-state index in [0.29, 0.717) is 34.0 Å². The van der Waals surface area contributed by atoms with Crippen LogP contribution in [0.4, 0.5) is 5.69 Å². The van der Waals surface area contributed by atoms with Gasteiger partial charge in [0, 0.05) is 24.0 Å². The Morgan fingerprint density at radius 2 is 2.38 bits per heavy atom. The highest BCUT2D eigenvalue weighted by Crippen LogP contribution is 2.31. The molecule has 1 atom stereocenters. The van der Waals surface area contributed by atoms with Crippen LogP contribution in [-0.4, -0.2) is 46.7 Å². The van der Waals surface area contributed by atoms with Gasteiger partial charge in [0.05, 0.1) is 11.9 Å². The molecule has 6 nitrogen and oxygen atoms in total. The number of nitrogens with two attached hydrogens (primary N) is 1. The zero-order chi connectivity index (χ0) is 15.0. The van der Waals surface area contributed by atoms with E-state index in [4.69, 9.17) is 5.73 Å². The van der Waals surface area contributed by atoms with Gasteiger partial charge in [-0.25, -0.2) is 0 Å². The van der Waals surface area contributed by atoms with Crippen LogP contribution in [0.25, 0.3) is 10.2 Å². The number of hydrogen-bond acceptors (Lipinski definition) is 6. The van der Waals surface area contributed by atoms with E-state index < -0.39 is 0 Å². The summed E-state index contributed by atoms with van der Waals surface area (Å²) in [6, 6.07) is 2.78. The third-order valence-electron chi connectivity index (χ3n) is 4.00. The summed E-state index contributed by atoms with van der Waals surface area (Å²) in [7, 11) is 2.11. The summed E-state index contributed by atoms with van der Waals surface area (Å²) in [4.78, 5) is 15.8. The summed E-state index contributed by atoms with van der Waals surface area (Å²) in [5.41, 5.74) is 6.53. The molecule has 21 heavy (non-hydrogen) atoms.